The second kappa shape index (κ2) is 4.80. The van der Waals surface area contributed by atoms with Crippen molar-refractivity contribution in [3.8, 4) is 0 Å². The molecule has 19 heavy (non-hydrogen) atoms. The number of hydrogen-bond acceptors (Lipinski definition) is 2. The normalized spacial score (nSPS) is 13.2. The monoisotopic (exact) mass is 276 g/mol. The number of benzene rings is 1. The molecule has 1 N–H and O–H groups in total. The van der Waals surface area contributed by atoms with Crippen molar-refractivity contribution < 1.29 is 9.52 Å². The third-order valence-electron chi connectivity index (χ3n) is 4.50. The smallest absolute Gasteiger partial charge is 0.133 e. The molecular weight excluding hydrogens is 252 g/mol. The largest absolute Gasteiger partial charge is 0.466 e. The van der Waals surface area contributed by atoms with E-state index < -0.39 is 8.07 Å². The van der Waals surface area contributed by atoms with Crippen LogP contribution in [0.15, 0.2) is 28.7 Å². The lowest BCUT2D eigenvalue weighted by Gasteiger charge is -2.35. The summed E-state index contributed by atoms with van der Waals surface area (Å²) in [5, 5.41) is 11.9. The molecule has 0 bridgehead atoms. The van der Waals surface area contributed by atoms with Crippen molar-refractivity contribution in [3.05, 3.63) is 29.8 Å². The number of aliphatic hydroxyl groups excluding tert-OH is 1. The van der Waals surface area contributed by atoms with Crippen LogP contribution in [0.4, 0.5) is 0 Å². The van der Waals surface area contributed by atoms with Gasteiger partial charge < -0.3 is 9.52 Å². The summed E-state index contributed by atoms with van der Waals surface area (Å²) in [6, 6.07) is 8.16. The summed E-state index contributed by atoms with van der Waals surface area (Å²) in [5.74, 6) is 0. The lowest BCUT2D eigenvalue weighted by molar-refractivity contribution is 0.300. The molecule has 0 atom stereocenters. The molecule has 0 spiro atoms. The zero-order valence-electron chi connectivity index (χ0n) is 12.6. The van der Waals surface area contributed by atoms with Gasteiger partial charge in [-0.2, -0.15) is 0 Å². The van der Waals surface area contributed by atoms with Crippen molar-refractivity contribution in [2.24, 2.45) is 0 Å². The molecule has 1 aromatic heterocycles. The molecular formula is C16H24O2Si. The minimum atomic E-state index is -1.72. The third kappa shape index (κ3) is 2.37. The zero-order chi connectivity index (χ0) is 14.3. The van der Waals surface area contributed by atoms with Crippen LogP contribution in [-0.4, -0.2) is 19.8 Å². The van der Waals surface area contributed by atoms with E-state index in [1.807, 2.05) is 18.2 Å². The van der Waals surface area contributed by atoms with Gasteiger partial charge in [0.15, 0.2) is 0 Å². The number of para-hydroxylation sites is 1. The predicted molar refractivity (Wildman–Crippen MR) is 83.8 cm³/mol. The summed E-state index contributed by atoms with van der Waals surface area (Å²) < 4.78 is 6.19. The van der Waals surface area contributed by atoms with Crippen molar-refractivity contribution in [1.29, 1.82) is 0 Å². The van der Waals surface area contributed by atoms with Crippen molar-refractivity contribution in [3.63, 3.8) is 0 Å². The standard InChI is InChI=1S/C16H24O2Si/c1-16(2,3)19(4,5)15-13(10-11-17)12-8-6-7-9-14(12)18-15/h6-9,17H,10-11H2,1-5H3. The Labute approximate surface area is 116 Å². The lowest BCUT2D eigenvalue weighted by Crippen LogP contribution is -2.50. The molecule has 0 fully saturated rings. The van der Waals surface area contributed by atoms with Crippen molar-refractivity contribution in [2.75, 3.05) is 6.61 Å². The summed E-state index contributed by atoms with van der Waals surface area (Å²) in [5.41, 5.74) is 2.16. The number of furan rings is 1. The van der Waals surface area contributed by atoms with E-state index in [2.05, 4.69) is 39.9 Å². The van der Waals surface area contributed by atoms with Crippen molar-refractivity contribution >= 4 is 24.4 Å². The van der Waals surface area contributed by atoms with E-state index in [0.717, 1.165) is 16.4 Å². The average molecular weight is 276 g/mol. The molecule has 0 aliphatic rings. The summed E-state index contributed by atoms with van der Waals surface area (Å²) in [6.07, 6.45) is 0.679. The van der Waals surface area contributed by atoms with E-state index in [9.17, 15) is 5.11 Å². The molecule has 0 radical (unpaired) electrons. The van der Waals surface area contributed by atoms with Gasteiger partial charge in [0.1, 0.15) is 13.7 Å². The first-order chi connectivity index (χ1) is 8.79. The molecule has 0 saturated heterocycles. The predicted octanol–water partition coefficient (Wildman–Crippen LogP) is 3.68. The van der Waals surface area contributed by atoms with Gasteiger partial charge in [0.05, 0.1) is 5.38 Å². The highest BCUT2D eigenvalue weighted by Crippen LogP contribution is 2.37. The van der Waals surface area contributed by atoms with Crippen LogP contribution >= 0.6 is 0 Å². The minimum absolute atomic E-state index is 0.172. The van der Waals surface area contributed by atoms with Gasteiger partial charge in [0.2, 0.25) is 0 Å². The quantitative estimate of drug-likeness (QED) is 0.868. The van der Waals surface area contributed by atoms with Crippen molar-refractivity contribution in [2.45, 2.75) is 45.3 Å². The Balaban J connectivity index is 2.69. The molecule has 2 rings (SSSR count). The Hall–Kier alpha value is -1.06. The number of aliphatic hydroxyl groups is 1. The van der Waals surface area contributed by atoms with Crippen LogP contribution in [0.25, 0.3) is 11.0 Å². The molecule has 1 aromatic carbocycles. The lowest BCUT2D eigenvalue weighted by atomic mass is 10.1. The fraction of sp³-hybridized carbons (Fsp3) is 0.500. The summed E-state index contributed by atoms with van der Waals surface area (Å²) in [6.45, 7) is 11.7. The fourth-order valence-corrected chi connectivity index (χ4v) is 4.36. The van der Waals surface area contributed by atoms with Crippen LogP contribution in [0.2, 0.25) is 18.1 Å². The van der Waals surface area contributed by atoms with Crippen LogP contribution in [0, 0.1) is 0 Å². The Morgan fingerprint density at radius 3 is 2.37 bits per heavy atom. The second-order valence-corrected chi connectivity index (χ2v) is 12.0. The summed E-state index contributed by atoms with van der Waals surface area (Å²) in [4.78, 5) is 0. The van der Waals surface area contributed by atoms with Crippen LogP contribution in [0.3, 0.4) is 0 Å². The highest BCUT2D eigenvalue weighted by molar-refractivity contribution is 6.91. The number of fused-ring (bicyclic) bond motifs is 1. The van der Waals surface area contributed by atoms with Crippen LogP contribution in [-0.2, 0) is 6.42 Å². The molecule has 0 saturated carbocycles. The maximum atomic E-state index is 9.36. The van der Waals surface area contributed by atoms with Crippen LogP contribution in [0.5, 0.6) is 0 Å². The van der Waals surface area contributed by atoms with E-state index in [1.54, 1.807) is 0 Å². The third-order valence-corrected chi connectivity index (χ3v) is 9.79. The zero-order valence-corrected chi connectivity index (χ0v) is 13.6. The van der Waals surface area contributed by atoms with Gasteiger partial charge in [-0.05, 0) is 23.1 Å². The van der Waals surface area contributed by atoms with Gasteiger partial charge in [0.25, 0.3) is 0 Å². The SMILES string of the molecule is CC(C)(C)[Si](C)(C)c1oc2ccccc2c1CCO. The maximum Gasteiger partial charge on any atom is 0.133 e. The molecule has 0 aliphatic carbocycles. The van der Waals surface area contributed by atoms with Gasteiger partial charge in [-0.1, -0.05) is 52.1 Å². The molecule has 3 heteroatoms. The van der Waals surface area contributed by atoms with Gasteiger partial charge in [-0.15, -0.1) is 0 Å². The fourth-order valence-electron chi connectivity index (χ4n) is 2.30. The van der Waals surface area contributed by atoms with Crippen molar-refractivity contribution in [1.82, 2.24) is 0 Å². The van der Waals surface area contributed by atoms with E-state index in [0.29, 0.717) is 6.42 Å². The summed E-state index contributed by atoms with van der Waals surface area (Å²) >= 11 is 0. The minimum Gasteiger partial charge on any atom is -0.466 e. The van der Waals surface area contributed by atoms with Crippen LogP contribution in [0.1, 0.15) is 26.3 Å². The topological polar surface area (TPSA) is 33.4 Å². The maximum absolute atomic E-state index is 9.36. The average Bonchev–Trinajstić information content (AvgIpc) is 2.68. The Bertz CT molecular complexity index is 576. The first-order valence-electron chi connectivity index (χ1n) is 6.91. The molecule has 0 unspecified atom stereocenters. The number of rotatable bonds is 3. The summed E-state index contributed by atoms with van der Waals surface area (Å²) in [7, 11) is -1.72. The molecule has 2 aromatic rings. The van der Waals surface area contributed by atoms with Gasteiger partial charge in [-0.3, -0.25) is 0 Å². The Morgan fingerprint density at radius 2 is 1.79 bits per heavy atom. The second-order valence-electron chi connectivity index (χ2n) is 6.75. The Morgan fingerprint density at radius 1 is 1.16 bits per heavy atom. The molecule has 2 nitrogen and oxygen atoms in total. The highest BCUT2D eigenvalue weighted by Gasteiger charge is 2.41. The highest BCUT2D eigenvalue weighted by atomic mass is 28.3. The van der Waals surface area contributed by atoms with Gasteiger partial charge in [0, 0.05) is 12.0 Å². The first kappa shape index (κ1) is 14.3. The molecule has 1 heterocycles. The first-order valence-corrected chi connectivity index (χ1v) is 9.91. The van der Waals surface area contributed by atoms with Gasteiger partial charge >= 0.3 is 0 Å². The Kier molecular flexibility index (Phi) is 3.62. The van der Waals surface area contributed by atoms with E-state index in [4.69, 9.17) is 4.42 Å². The molecule has 0 amide bonds. The number of hydrogen-bond donors (Lipinski definition) is 1. The van der Waals surface area contributed by atoms with Crippen LogP contribution < -0.4 is 5.38 Å². The molecule has 104 valence electrons. The van der Waals surface area contributed by atoms with E-state index in [1.165, 1.54) is 5.56 Å². The molecule has 0 aliphatic heterocycles. The van der Waals surface area contributed by atoms with E-state index in [-0.39, 0.29) is 11.6 Å². The van der Waals surface area contributed by atoms with Gasteiger partial charge in [-0.25, -0.2) is 0 Å². The van der Waals surface area contributed by atoms with E-state index >= 15 is 0 Å².